The SMILES string of the molecule is Cc1cc2nc3c(C)cccc3c(C(C)(C)C)c2c(C)c1C. The van der Waals surface area contributed by atoms with Crippen molar-refractivity contribution in [2.24, 2.45) is 0 Å². The number of nitrogens with zero attached hydrogens (tertiary/aromatic N) is 1. The van der Waals surface area contributed by atoms with Crippen molar-refractivity contribution >= 4 is 21.8 Å². The molecule has 2 aromatic carbocycles. The maximum absolute atomic E-state index is 5.01. The highest BCUT2D eigenvalue weighted by molar-refractivity contribution is 6.01. The van der Waals surface area contributed by atoms with Crippen LogP contribution in [0.5, 0.6) is 0 Å². The van der Waals surface area contributed by atoms with Crippen molar-refractivity contribution in [2.75, 3.05) is 0 Å². The Kier molecular flexibility index (Phi) is 3.28. The molecule has 1 aromatic heterocycles. The number of pyridine rings is 1. The summed E-state index contributed by atoms with van der Waals surface area (Å²) in [4.78, 5) is 5.01. The number of aryl methyl sites for hydroxylation is 3. The average molecular weight is 291 g/mol. The van der Waals surface area contributed by atoms with Gasteiger partial charge in [0.2, 0.25) is 0 Å². The molecule has 0 spiro atoms. The van der Waals surface area contributed by atoms with E-state index in [1.807, 2.05) is 0 Å². The lowest BCUT2D eigenvalue weighted by Crippen LogP contribution is -2.14. The van der Waals surface area contributed by atoms with Crippen molar-refractivity contribution < 1.29 is 0 Å². The van der Waals surface area contributed by atoms with Crippen LogP contribution in [-0.4, -0.2) is 4.98 Å². The molecule has 0 fully saturated rings. The second-order valence-electron chi connectivity index (χ2n) is 7.55. The first-order valence-corrected chi connectivity index (χ1v) is 8.02. The van der Waals surface area contributed by atoms with Crippen LogP contribution in [0.4, 0.5) is 0 Å². The standard InChI is InChI=1S/C21H25N/c1-12-9-8-10-16-19(21(5,6)7)18-15(4)14(3)13(2)11-17(18)22-20(12)16/h8-11H,1-7H3. The van der Waals surface area contributed by atoms with Gasteiger partial charge < -0.3 is 0 Å². The minimum Gasteiger partial charge on any atom is -0.247 e. The Bertz CT molecular complexity index is 896. The van der Waals surface area contributed by atoms with E-state index in [4.69, 9.17) is 4.98 Å². The summed E-state index contributed by atoms with van der Waals surface area (Å²) in [5, 5.41) is 2.64. The summed E-state index contributed by atoms with van der Waals surface area (Å²) >= 11 is 0. The van der Waals surface area contributed by atoms with Gasteiger partial charge in [0.05, 0.1) is 11.0 Å². The molecule has 1 heteroatoms. The van der Waals surface area contributed by atoms with Gasteiger partial charge in [-0.1, -0.05) is 39.0 Å². The monoisotopic (exact) mass is 291 g/mol. The van der Waals surface area contributed by atoms with Crippen LogP contribution in [0, 0.1) is 27.7 Å². The Labute approximate surface area is 133 Å². The molecule has 0 N–H and O–H groups in total. The molecule has 114 valence electrons. The number of fused-ring (bicyclic) bond motifs is 2. The first kappa shape index (κ1) is 15.0. The van der Waals surface area contributed by atoms with E-state index in [2.05, 4.69) is 72.7 Å². The van der Waals surface area contributed by atoms with Gasteiger partial charge in [-0.2, -0.15) is 0 Å². The largest absolute Gasteiger partial charge is 0.247 e. The lowest BCUT2D eigenvalue weighted by Gasteiger charge is -2.26. The topological polar surface area (TPSA) is 12.9 Å². The summed E-state index contributed by atoms with van der Waals surface area (Å²) in [5.41, 5.74) is 9.11. The Morgan fingerprint density at radius 3 is 2.18 bits per heavy atom. The third-order valence-corrected chi connectivity index (χ3v) is 4.88. The maximum atomic E-state index is 5.01. The highest BCUT2D eigenvalue weighted by atomic mass is 14.7. The molecule has 1 heterocycles. The second kappa shape index (κ2) is 4.81. The number of rotatable bonds is 0. The molecule has 0 bridgehead atoms. The predicted octanol–water partition coefficient (Wildman–Crippen LogP) is 5.92. The van der Waals surface area contributed by atoms with Gasteiger partial charge in [0, 0.05) is 10.8 Å². The smallest absolute Gasteiger partial charge is 0.0741 e. The second-order valence-corrected chi connectivity index (χ2v) is 7.55. The van der Waals surface area contributed by atoms with Crippen LogP contribution in [0.25, 0.3) is 21.8 Å². The fourth-order valence-electron chi connectivity index (χ4n) is 3.51. The molecular weight excluding hydrogens is 266 g/mol. The van der Waals surface area contributed by atoms with E-state index in [9.17, 15) is 0 Å². The van der Waals surface area contributed by atoms with Crippen molar-refractivity contribution in [2.45, 2.75) is 53.9 Å². The zero-order valence-electron chi connectivity index (χ0n) is 14.8. The molecule has 0 atom stereocenters. The van der Waals surface area contributed by atoms with Gasteiger partial charge >= 0.3 is 0 Å². The number of benzene rings is 2. The van der Waals surface area contributed by atoms with E-state index in [-0.39, 0.29) is 5.41 Å². The van der Waals surface area contributed by atoms with Crippen LogP contribution < -0.4 is 0 Å². The van der Waals surface area contributed by atoms with Gasteiger partial charge in [-0.25, -0.2) is 4.98 Å². The molecule has 0 saturated carbocycles. The minimum absolute atomic E-state index is 0.0830. The summed E-state index contributed by atoms with van der Waals surface area (Å²) in [5.74, 6) is 0. The minimum atomic E-state index is 0.0830. The van der Waals surface area contributed by atoms with Crippen molar-refractivity contribution in [1.82, 2.24) is 4.98 Å². The molecular formula is C21H25N. The maximum Gasteiger partial charge on any atom is 0.0741 e. The van der Waals surface area contributed by atoms with Crippen LogP contribution in [0.2, 0.25) is 0 Å². The van der Waals surface area contributed by atoms with E-state index in [0.29, 0.717) is 0 Å². The quantitative estimate of drug-likeness (QED) is 0.468. The number of hydrogen-bond donors (Lipinski definition) is 0. The van der Waals surface area contributed by atoms with Crippen molar-refractivity contribution in [1.29, 1.82) is 0 Å². The normalized spacial score (nSPS) is 12.3. The van der Waals surface area contributed by atoms with E-state index in [1.165, 1.54) is 38.6 Å². The van der Waals surface area contributed by atoms with E-state index >= 15 is 0 Å². The molecule has 3 aromatic rings. The lowest BCUT2D eigenvalue weighted by atomic mass is 9.79. The van der Waals surface area contributed by atoms with Crippen molar-refractivity contribution in [3.63, 3.8) is 0 Å². The molecule has 3 rings (SSSR count). The Morgan fingerprint density at radius 1 is 0.864 bits per heavy atom. The first-order chi connectivity index (χ1) is 10.2. The summed E-state index contributed by atoms with van der Waals surface area (Å²) < 4.78 is 0. The van der Waals surface area contributed by atoms with Gasteiger partial charge in [-0.15, -0.1) is 0 Å². The predicted molar refractivity (Wildman–Crippen MR) is 96.9 cm³/mol. The molecule has 0 saturated heterocycles. The Balaban J connectivity index is 2.68. The van der Waals surface area contributed by atoms with Crippen LogP contribution in [0.3, 0.4) is 0 Å². The number of aromatic nitrogens is 1. The van der Waals surface area contributed by atoms with Crippen molar-refractivity contribution in [3.05, 3.63) is 52.1 Å². The van der Waals surface area contributed by atoms with E-state index in [1.54, 1.807) is 0 Å². The molecule has 0 unspecified atom stereocenters. The number of para-hydroxylation sites is 1. The van der Waals surface area contributed by atoms with E-state index < -0.39 is 0 Å². The molecule has 22 heavy (non-hydrogen) atoms. The van der Waals surface area contributed by atoms with Crippen LogP contribution in [0.1, 0.15) is 48.6 Å². The van der Waals surface area contributed by atoms with Crippen LogP contribution >= 0.6 is 0 Å². The Hall–Kier alpha value is -1.89. The average Bonchev–Trinajstić information content (AvgIpc) is 2.43. The fraction of sp³-hybridized carbons (Fsp3) is 0.381. The van der Waals surface area contributed by atoms with Gasteiger partial charge in [-0.3, -0.25) is 0 Å². The highest BCUT2D eigenvalue weighted by Crippen LogP contribution is 2.39. The zero-order valence-corrected chi connectivity index (χ0v) is 14.8. The van der Waals surface area contributed by atoms with Crippen LogP contribution in [0.15, 0.2) is 24.3 Å². The number of hydrogen-bond acceptors (Lipinski definition) is 1. The highest BCUT2D eigenvalue weighted by Gasteiger charge is 2.23. The molecule has 0 radical (unpaired) electrons. The summed E-state index contributed by atoms with van der Waals surface area (Å²) in [6, 6.07) is 8.78. The third kappa shape index (κ3) is 2.11. The summed E-state index contributed by atoms with van der Waals surface area (Å²) in [6.07, 6.45) is 0. The molecule has 1 nitrogen and oxygen atoms in total. The van der Waals surface area contributed by atoms with Crippen molar-refractivity contribution in [3.8, 4) is 0 Å². The van der Waals surface area contributed by atoms with E-state index in [0.717, 1.165) is 11.0 Å². The summed E-state index contributed by atoms with van der Waals surface area (Å²) in [6.45, 7) is 15.7. The molecule has 0 aliphatic rings. The Morgan fingerprint density at radius 2 is 1.55 bits per heavy atom. The van der Waals surface area contributed by atoms with Gasteiger partial charge in [-0.05, 0) is 67.0 Å². The van der Waals surface area contributed by atoms with Crippen LogP contribution in [-0.2, 0) is 5.41 Å². The molecule has 0 aliphatic heterocycles. The van der Waals surface area contributed by atoms with Gasteiger partial charge in [0.15, 0.2) is 0 Å². The third-order valence-electron chi connectivity index (χ3n) is 4.88. The lowest BCUT2D eigenvalue weighted by molar-refractivity contribution is 0.600. The fourth-order valence-corrected chi connectivity index (χ4v) is 3.51. The van der Waals surface area contributed by atoms with Gasteiger partial charge in [0.1, 0.15) is 0 Å². The molecule has 0 aliphatic carbocycles. The summed E-state index contributed by atoms with van der Waals surface area (Å²) in [7, 11) is 0. The first-order valence-electron chi connectivity index (χ1n) is 8.02. The molecule has 0 amide bonds. The zero-order chi connectivity index (χ0) is 16.2. The van der Waals surface area contributed by atoms with Gasteiger partial charge in [0.25, 0.3) is 0 Å².